The first-order valence-electron chi connectivity index (χ1n) is 10.5. The summed E-state index contributed by atoms with van der Waals surface area (Å²) in [5.74, 6) is 0.393. The summed E-state index contributed by atoms with van der Waals surface area (Å²) in [4.78, 5) is 28.9. The van der Waals surface area contributed by atoms with Crippen LogP contribution in [0, 0.1) is 0 Å². The number of nitrogens with one attached hydrogen (secondary N) is 1. The van der Waals surface area contributed by atoms with Crippen molar-refractivity contribution >= 4 is 58.0 Å². The summed E-state index contributed by atoms with van der Waals surface area (Å²) in [7, 11) is 0. The lowest BCUT2D eigenvalue weighted by Crippen LogP contribution is -2.48. The molecule has 1 N–H and O–H groups in total. The smallest absolute Gasteiger partial charge is 0.291 e. The first-order valence-corrected chi connectivity index (χ1v) is 11.7. The third-order valence-corrected chi connectivity index (χ3v) is 6.56. The molecule has 1 aliphatic heterocycles. The van der Waals surface area contributed by atoms with Gasteiger partial charge in [-0.25, -0.2) is 0 Å². The van der Waals surface area contributed by atoms with Crippen molar-refractivity contribution in [3.63, 3.8) is 0 Å². The van der Waals surface area contributed by atoms with Crippen molar-refractivity contribution in [2.24, 2.45) is 0 Å². The fourth-order valence-electron chi connectivity index (χ4n) is 3.79. The molecule has 0 atom stereocenters. The van der Waals surface area contributed by atoms with E-state index in [1.54, 1.807) is 48.5 Å². The average Bonchev–Trinajstić information content (AvgIpc) is 3.31. The first kappa shape index (κ1) is 23.5. The third-order valence-electron chi connectivity index (χ3n) is 5.52. The molecule has 2 heterocycles. The SMILES string of the molecule is CCC(=O)N1CCN(c2c(Cl)cccc2NC(=O)c2ccc(-c3ccc(Cl)c(Cl)c3)o2)CC1. The second-order valence-corrected chi connectivity index (χ2v) is 8.83. The molecule has 3 aromatic rings. The minimum Gasteiger partial charge on any atom is -0.451 e. The van der Waals surface area contributed by atoms with E-state index in [1.165, 1.54) is 0 Å². The molecular formula is C24H22Cl3N3O3. The van der Waals surface area contributed by atoms with Gasteiger partial charge in [-0.1, -0.05) is 47.8 Å². The predicted molar refractivity (Wildman–Crippen MR) is 133 cm³/mol. The summed E-state index contributed by atoms with van der Waals surface area (Å²) >= 11 is 18.6. The van der Waals surface area contributed by atoms with E-state index in [0.717, 1.165) is 5.69 Å². The summed E-state index contributed by atoms with van der Waals surface area (Å²) in [5, 5.41) is 4.28. The molecule has 6 nitrogen and oxygen atoms in total. The van der Waals surface area contributed by atoms with Crippen molar-refractivity contribution in [2.45, 2.75) is 13.3 Å². The van der Waals surface area contributed by atoms with Crippen LogP contribution >= 0.6 is 34.8 Å². The van der Waals surface area contributed by atoms with Gasteiger partial charge < -0.3 is 19.5 Å². The Morgan fingerprint density at radius 3 is 2.39 bits per heavy atom. The molecule has 9 heteroatoms. The van der Waals surface area contributed by atoms with E-state index in [1.807, 2.05) is 11.8 Å². The van der Waals surface area contributed by atoms with Gasteiger partial charge in [0.1, 0.15) is 5.76 Å². The van der Waals surface area contributed by atoms with Crippen LogP contribution in [0.2, 0.25) is 15.1 Å². The van der Waals surface area contributed by atoms with E-state index in [9.17, 15) is 9.59 Å². The molecule has 4 rings (SSSR count). The van der Waals surface area contributed by atoms with Gasteiger partial charge in [-0.05, 0) is 42.5 Å². The number of para-hydroxylation sites is 1. The predicted octanol–water partition coefficient (Wildman–Crippen LogP) is 6.22. The number of hydrogen-bond acceptors (Lipinski definition) is 4. The van der Waals surface area contributed by atoms with E-state index in [2.05, 4.69) is 10.2 Å². The molecule has 2 amide bonds. The zero-order valence-corrected chi connectivity index (χ0v) is 20.2. The van der Waals surface area contributed by atoms with Gasteiger partial charge in [0.2, 0.25) is 5.91 Å². The molecule has 1 aromatic heterocycles. The number of piperazine rings is 1. The number of carbonyl (C=O) groups is 2. The van der Waals surface area contributed by atoms with Crippen molar-refractivity contribution in [3.8, 4) is 11.3 Å². The zero-order valence-electron chi connectivity index (χ0n) is 17.9. The Labute approximate surface area is 207 Å². The number of nitrogens with zero attached hydrogens (tertiary/aromatic N) is 2. The molecule has 33 heavy (non-hydrogen) atoms. The Morgan fingerprint density at radius 2 is 1.70 bits per heavy atom. The minimum atomic E-state index is -0.398. The van der Waals surface area contributed by atoms with Gasteiger partial charge in [-0.3, -0.25) is 9.59 Å². The van der Waals surface area contributed by atoms with Gasteiger partial charge in [-0.2, -0.15) is 0 Å². The van der Waals surface area contributed by atoms with Gasteiger partial charge in [-0.15, -0.1) is 0 Å². The Morgan fingerprint density at radius 1 is 0.939 bits per heavy atom. The number of rotatable bonds is 5. The largest absolute Gasteiger partial charge is 0.451 e. The summed E-state index contributed by atoms with van der Waals surface area (Å²) in [5.41, 5.74) is 2.02. The topological polar surface area (TPSA) is 65.8 Å². The van der Waals surface area contributed by atoms with E-state index >= 15 is 0 Å². The van der Waals surface area contributed by atoms with E-state index in [0.29, 0.717) is 64.7 Å². The number of furan rings is 1. The van der Waals surface area contributed by atoms with Crippen molar-refractivity contribution in [1.29, 1.82) is 0 Å². The zero-order chi connectivity index (χ0) is 23.5. The maximum Gasteiger partial charge on any atom is 0.291 e. The Hall–Kier alpha value is -2.67. The fraction of sp³-hybridized carbons (Fsp3) is 0.250. The molecule has 172 valence electrons. The van der Waals surface area contributed by atoms with Crippen LogP contribution in [0.15, 0.2) is 52.9 Å². The Balaban J connectivity index is 1.51. The number of benzene rings is 2. The van der Waals surface area contributed by atoms with Crippen molar-refractivity contribution in [1.82, 2.24) is 4.90 Å². The summed E-state index contributed by atoms with van der Waals surface area (Å²) < 4.78 is 5.76. The molecule has 0 spiro atoms. The van der Waals surface area contributed by atoms with Crippen LogP contribution in [0.4, 0.5) is 11.4 Å². The van der Waals surface area contributed by atoms with E-state index < -0.39 is 5.91 Å². The maximum absolute atomic E-state index is 12.9. The highest BCUT2D eigenvalue weighted by Gasteiger charge is 2.24. The lowest BCUT2D eigenvalue weighted by molar-refractivity contribution is -0.131. The fourth-order valence-corrected chi connectivity index (χ4v) is 4.38. The van der Waals surface area contributed by atoms with Gasteiger partial charge in [0.15, 0.2) is 5.76 Å². The highest BCUT2D eigenvalue weighted by Crippen LogP contribution is 2.35. The molecule has 0 aliphatic carbocycles. The lowest BCUT2D eigenvalue weighted by Gasteiger charge is -2.37. The molecule has 1 saturated heterocycles. The van der Waals surface area contributed by atoms with Crippen LogP contribution in [0.3, 0.4) is 0 Å². The number of amides is 2. The monoisotopic (exact) mass is 505 g/mol. The van der Waals surface area contributed by atoms with Crippen LogP contribution in [-0.4, -0.2) is 42.9 Å². The van der Waals surface area contributed by atoms with Gasteiger partial charge in [0.05, 0.1) is 26.4 Å². The lowest BCUT2D eigenvalue weighted by atomic mass is 10.2. The third kappa shape index (κ3) is 5.13. The molecule has 1 aliphatic rings. The van der Waals surface area contributed by atoms with Crippen LogP contribution in [0.1, 0.15) is 23.9 Å². The molecule has 0 radical (unpaired) electrons. The van der Waals surface area contributed by atoms with Crippen LogP contribution < -0.4 is 10.2 Å². The van der Waals surface area contributed by atoms with Crippen molar-refractivity contribution in [3.05, 3.63) is 69.4 Å². The minimum absolute atomic E-state index is 0.137. The summed E-state index contributed by atoms with van der Waals surface area (Å²) in [6.45, 7) is 4.33. The maximum atomic E-state index is 12.9. The van der Waals surface area contributed by atoms with Gasteiger partial charge in [0.25, 0.3) is 5.91 Å². The second kappa shape index (κ2) is 10.1. The Bertz CT molecular complexity index is 1190. The highest BCUT2D eigenvalue weighted by molar-refractivity contribution is 6.42. The van der Waals surface area contributed by atoms with Crippen molar-refractivity contribution < 1.29 is 14.0 Å². The van der Waals surface area contributed by atoms with Crippen LogP contribution in [0.25, 0.3) is 11.3 Å². The second-order valence-electron chi connectivity index (χ2n) is 7.60. The summed E-state index contributed by atoms with van der Waals surface area (Å²) in [6.07, 6.45) is 0.487. The normalized spacial score (nSPS) is 13.8. The van der Waals surface area contributed by atoms with E-state index in [4.69, 9.17) is 39.2 Å². The highest BCUT2D eigenvalue weighted by atomic mass is 35.5. The molecule has 2 aromatic carbocycles. The molecule has 1 fully saturated rings. The van der Waals surface area contributed by atoms with Gasteiger partial charge in [0, 0.05) is 38.2 Å². The number of halogens is 3. The first-order chi connectivity index (χ1) is 15.9. The Kier molecular flexibility index (Phi) is 7.17. The molecule has 0 bridgehead atoms. The van der Waals surface area contributed by atoms with E-state index in [-0.39, 0.29) is 11.7 Å². The van der Waals surface area contributed by atoms with Crippen LogP contribution in [0.5, 0.6) is 0 Å². The quantitative estimate of drug-likeness (QED) is 0.446. The molecule has 0 saturated carbocycles. The summed E-state index contributed by atoms with van der Waals surface area (Å²) in [6, 6.07) is 13.8. The standard InChI is InChI=1S/C24H22Cl3N3O3/c1-2-22(31)29-10-12-30(13-11-29)23-17(26)4-3-5-19(23)28-24(32)21-9-8-20(33-21)15-6-7-16(25)18(27)14-15/h3-9,14H,2,10-13H2,1H3,(H,28,32). The number of hydrogen-bond donors (Lipinski definition) is 1. The molecule has 0 unspecified atom stereocenters. The van der Waals surface area contributed by atoms with Gasteiger partial charge >= 0.3 is 0 Å². The number of carbonyl (C=O) groups excluding carboxylic acids is 2. The van der Waals surface area contributed by atoms with Crippen molar-refractivity contribution in [2.75, 3.05) is 36.4 Å². The van der Waals surface area contributed by atoms with Crippen LogP contribution in [-0.2, 0) is 4.79 Å². The average molecular weight is 507 g/mol. The molecular weight excluding hydrogens is 485 g/mol. The number of anilines is 2.